The van der Waals surface area contributed by atoms with Crippen molar-refractivity contribution in [3.8, 4) is 55.6 Å². The minimum Gasteiger partial charge on any atom is -0.0619 e. The van der Waals surface area contributed by atoms with Crippen molar-refractivity contribution in [2.24, 2.45) is 0 Å². The van der Waals surface area contributed by atoms with Gasteiger partial charge in [-0.25, -0.2) is 0 Å². The van der Waals surface area contributed by atoms with Crippen LogP contribution in [0.2, 0.25) is 0 Å². The molecule has 13 aromatic carbocycles. The van der Waals surface area contributed by atoms with E-state index in [1.807, 2.05) is 0 Å². The fourth-order valence-corrected chi connectivity index (χ4v) is 12.7. The van der Waals surface area contributed by atoms with Crippen LogP contribution in [0.5, 0.6) is 0 Å². The largest absolute Gasteiger partial charge is 0.0726 e. The highest BCUT2D eigenvalue weighted by Gasteiger charge is 2.52. The van der Waals surface area contributed by atoms with Crippen LogP contribution < -0.4 is 0 Å². The van der Waals surface area contributed by atoms with Gasteiger partial charge in [-0.2, -0.15) is 0 Å². The third-order valence-electron chi connectivity index (χ3n) is 15.4. The van der Waals surface area contributed by atoms with Gasteiger partial charge in [0.05, 0.1) is 5.41 Å². The Morgan fingerprint density at radius 1 is 0.194 bits per heavy atom. The Balaban J connectivity index is 0.966. The maximum absolute atomic E-state index is 2.56. The molecule has 0 fully saturated rings. The monoisotopic (exact) mass is 844 g/mol. The highest BCUT2D eigenvalue weighted by atomic mass is 14.5. The molecule has 0 N–H and O–H groups in total. The zero-order chi connectivity index (χ0) is 43.8. The fraction of sp³-hybridized carbons (Fsp3) is 0.0149. The summed E-state index contributed by atoms with van der Waals surface area (Å²) in [7, 11) is 0. The molecular weight excluding hydrogens is 805 g/mol. The van der Waals surface area contributed by atoms with Crippen molar-refractivity contribution in [3.63, 3.8) is 0 Å². The lowest BCUT2D eigenvalue weighted by Gasteiger charge is -2.31. The van der Waals surface area contributed by atoms with Crippen LogP contribution in [0.4, 0.5) is 0 Å². The molecule has 0 heteroatoms. The van der Waals surface area contributed by atoms with Crippen LogP contribution in [0.25, 0.3) is 120 Å². The molecule has 13 aromatic rings. The maximum Gasteiger partial charge on any atom is 0.0726 e. The van der Waals surface area contributed by atoms with Crippen molar-refractivity contribution in [2.45, 2.75) is 5.41 Å². The topological polar surface area (TPSA) is 0 Å². The second-order valence-corrected chi connectivity index (χ2v) is 18.6. The second kappa shape index (κ2) is 13.7. The van der Waals surface area contributed by atoms with Crippen LogP contribution in [0.3, 0.4) is 0 Å². The molecule has 2 aliphatic rings. The van der Waals surface area contributed by atoms with Gasteiger partial charge in [0.2, 0.25) is 0 Å². The summed E-state index contributed by atoms with van der Waals surface area (Å²) in [6.07, 6.45) is 0. The summed E-state index contributed by atoms with van der Waals surface area (Å²) in [5.41, 5.74) is 17.8. The molecule has 0 bridgehead atoms. The quantitative estimate of drug-likeness (QED) is 0.123. The predicted molar refractivity (Wildman–Crippen MR) is 284 cm³/mol. The van der Waals surface area contributed by atoms with Crippen molar-refractivity contribution in [3.05, 3.63) is 265 Å². The summed E-state index contributed by atoms with van der Waals surface area (Å²) in [6, 6.07) is 91.5. The van der Waals surface area contributed by atoms with E-state index in [0.717, 1.165) is 0 Å². The van der Waals surface area contributed by atoms with Gasteiger partial charge in [0.25, 0.3) is 0 Å². The first kappa shape index (κ1) is 36.7. The molecular formula is C67H40. The SMILES string of the molecule is c1ccc2c(c1)-c1ccccc1C21c2cc3ccccc3cc2-c2c1cc(-c1ccc(-c3c4ccccc4c(-c4cc5ccccc5c5ccccc45)c4ccccc34)cc1)c1ccccc21. The van der Waals surface area contributed by atoms with E-state index in [1.54, 1.807) is 0 Å². The molecule has 308 valence electrons. The lowest BCUT2D eigenvalue weighted by molar-refractivity contribution is 0.796. The van der Waals surface area contributed by atoms with Gasteiger partial charge in [0.1, 0.15) is 0 Å². The number of hydrogen-bond acceptors (Lipinski definition) is 0. The summed E-state index contributed by atoms with van der Waals surface area (Å²) in [6.45, 7) is 0. The molecule has 15 rings (SSSR count). The average Bonchev–Trinajstić information content (AvgIpc) is 3.86. The molecule has 0 heterocycles. The van der Waals surface area contributed by atoms with Crippen molar-refractivity contribution in [1.29, 1.82) is 0 Å². The van der Waals surface area contributed by atoms with Crippen LogP contribution in [-0.4, -0.2) is 0 Å². The van der Waals surface area contributed by atoms with E-state index >= 15 is 0 Å². The van der Waals surface area contributed by atoms with E-state index in [-0.39, 0.29) is 0 Å². The molecule has 0 atom stereocenters. The van der Waals surface area contributed by atoms with Gasteiger partial charge in [-0.05, 0) is 167 Å². The third kappa shape index (κ3) is 4.92. The van der Waals surface area contributed by atoms with Gasteiger partial charge in [-0.3, -0.25) is 0 Å². The summed E-state index contributed by atoms with van der Waals surface area (Å²) in [5.74, 6) is 0. The van der Waals surface area contributed by atoms with E-state index < -0.39 is 5.41 Å². The Morgan fingerprint density at radius 3 is 1.22 bits per heavy atom. The first-order chi connectivity index (χ1) is 33.3. The Morgan fingerprint density at radius 2 is 0.612 bits per heavy atom. The smallest absolute Gasteiger partial charge is 0.0619 e. The minimum atomic E-state index is -0.462. The Bertz CT molecular complexity index is 4160. The number of benzene rings is 13. The van der Waals surface area contributed by atoms with Crippen molar-refractivity contribution in [2.75, 3.05) is 0 Å². The molecule has 2 aliphatic carbocycles. The molecule has 0 saturated heterocycles. The van der Waals surface area contributed by atoms with Gasteiger partial charge >= 0.3 is 0 Å². The standard InChI is InChI=1S/C67H40/c1-2-18-44-39-62-59(37-43(44)17-1)66-52-26-8-7-23-49(52)57(40-63(66)67(62)60-31-15-13-24-50(60)51-25-14-16-32-61(51)67)41-33-35-42(36-34-41)64-53-27-9-11-29-55(53)65(56-30-12-10-28-54(56)64)58-38-45-19-3-4-20-46(45)47-21-5-6-22-48(47)58/h1-40H. The third-order valence-corrected chi connectivity index (χ3v) is 15.4. The van der Waals surface area contributed by atoms with Crippen LogP contribution >= 0.6 is 0 Å². The molecule has 0 nitrogen and oxygen atoms in total. The van der Waals surface area contributed by atoms with Crippen LogP contribution in [0.15, 0.2) is 243 Å². The summed E-state index contributed by atoms with van der Waals surface area (Å²) >= 11 is 0. The first-order valence-corrected chi connectivity index (χ1v) is 23.5. The lowest BCUT2D eigenvalue weighted by Crippen LogP contribution is -2.26. The number of hydrogen-bond donors (Lipinski definition) is 0. The van der Waals surface area contributed by atoms with E-state index in [9.17, 15) is 0 Å². The van der Waals surface area contributed by atoms with Crippen LogP contribution in [0.1, 0.15) is 22.3 Å². The molecule has 0 saturated carbocycles. The molecule has 0 radical (unpaired) electrons. The van der Waals surface area contributed by atoms with Crippen molar-refractivity contribution in [1.82, 2.24) is 0 Å². The molecule has 0 aromatic heterocycles. The first-order valence-electron chi connectivity index (χ1n) is 23.5. The summed E-state index contributed by atoms with van der Waals surface area (Å²) < 4.78 is 0. The fourth-order valence-electron chi connectivity index (χ4n) is 12.7. The Kier molecular flexibility index (Phi) is 7.52. The predicted octanol–water partition coefficient (Wildman–Crippen LogP) is 18.0. The number of rotatable bonds is 3. The summed E-state index contributed by atoms with van der Waals surface area (Å²) in [4.78, 5) is 0. The van der Waals surface area contributed by atoms with Crippen molar-refractivity contribution < 1.29 is 0 Å². The molecule has 1 spiro atoms. The van der Waals surface area contributed by atoms with Gasteiger partial charge < -0.3 is 0 Å². The van der Waals surface area contributed by atoms with E-state index in [2.05, 4.69) is 243 Å². The van der Waals surface area contributed by atoms with Gasteiger partial charge in [-0.15, -0.1) is 0 Å². The normalized spacial score (nSPS) is 13.2. The Hall–Kier alpha value is -8.58. The molecule has 0 unspecified atom stereocenters. The van der Waals surface area contributed by atoms with Crippen LogP contribution in [0, 0.1) is 0 Å². The van der Waals surface area contributed by atoms with Crippen LogP contribution in [-0.2, 0) is 5.41 Å². The van der Waals surface area contributed by atoms with Crippen molar-refractivity contribution >= 4 is 64.6 Å². The van der Waals surface area contributed by atoms with E-state index in [4.69, 9.17) is 0 Å². The highest BCUT2D eigenvalue weighted by Crippen LogP contribution is 2.65. The zero-order valence-corrected chi connectivity index (χ0v) is 36.6. The minimum absolute atomic E-state index is 0.462. The van der Waals surface area contributed by atoms with Gasteiger partial charge in [-0.1, -0.05) is 218 Å². The van der Waals surface area contributed by atoms with E-state index in [0.29, 0.717) is 0 Å². The zero-order valence-electron chi connectivity index (χ0n) is 36.6. The lowest BCUT2D eigenvalue weighted by atomic mass is 9.69. The second-order valence-electron chi connectivity index (χ2n) is 18.6. The summed E-state index contributed by atoms with van der Waals surface area (Å²) in [5, 5.41) is 15.3. The molecule has 0 aliphatic heterocycles. The van der Waals surface area contributed by atoms with Gasteiger partial charge in [0, 0.05) is 0 Å². The van der Waals surface area contributed by atoms with E-state index in [1.165, 1.54) is 143 Å². The average molecular weight is 845 g/mol. The highest BCUT2D eigenvalue weighted by molar-refractivity contribution is 6.26. The maximum atomic E-state index is 2.56. The molecule has 67 heavy (non-hydrogen) atoms. The number of fused-ring (bicyclic) bond motifs is 18. The molecule has 0 amide bonds. The van der Waals surface area contributed by atoms with Gasteiger partial charge in [0.15, 0.2) is 0 Å². The Labute approximate surface area is 388 Å².